The van der Waals surface area contributed by atoms with Crippen molar-refractivity contribution in [3.8, 4) is 0 Å². The molecule has 1 aromatic rings. The predicted molar refractivity (Wildman–Crippen MR) is 71.9 cm³/mol. The average Bonchev–Trinajstić information content (AvgIpc) is 2.39. The molecule has 1 aliphatic heterocycles. The molecule has 0 bridgehead atoms. The molecule has 0 aromatic heterocycles. The SMILES string of the molecule is C=CCC1c2ccccc2C=CN1C(=O)OCC. The van der Waals surface area contributed by atoms with Crippen LogP contribution >= 0.6 is 0 Å². The Kier molecular flexibility index (Phi) is 3.82. The summed E-state index contributed by atoms with van der Waals surface area (Å²) in [6.45, 7) is 5.95. The van der Waals surface area contributed by atoms with Gasteiger partial charge in [-0.15, -0.1) is 6.58 Å². The van der Waals surface area contributed by atoms with Crippen LogP contribution in [-0.2, 0) is 4.74 Å². The fourth-order valence-corrected chi connectivity index (χ4v) is 2.16. The highest BCUT2D eigenvalue weighted by molar-refractivity contribution is 5.73. The minimum absolute atomic E-state index is 0.0252. The summed E-state index contributed by atoms with van der Waals surface area (Å²) in [5.41, 5.74) is 2.28. The molecule has 0 aliphatic carbocycles. The minimum Gasteiger partial charge on any atom is -0.449 e. The van der Waals surface area contributed by atoms with Gasteiger partial charge < -0.3 is 4.74 Å². The average molecular weight is 243 g/mol. The summed E-state index contributed by atoms with van der Waals surface area (Å²) >= 11 is 0. The Bertz CT molecular complexity index is 479. The van der Waals surface area contributed by atoms with E-state index in [1.807, 2.05) is 43.3 Å². The molecule has 1 heterocycles. The molecule has 0 saturated carbocycles. The van der Waals surface area contributed by atoms with Crippen LogP contribution in [0.2, 0.25) is 0 Å². The quantitative estimate of drug-likeness (QED) is 0.757. The maximum atomic E-state index is 11.9. The molecular formula is C15H17NO2. The van der Waals surface area contributed by atoms with E-state index >= 15 is 0 Å². The van der Waals surface area contributed by atoms with Crippen molar-refractivity contribution in [1.29, 1.82) is 0 Å². The van der Waals surface area contributed by atoms with Crippen LogP contribution in [0, 0.1) is 0 Å². The second-order valence-corrected chi connectivity index (χ2v) is 4.09. The first kappa shape index (κ1) is 12.4. The van der Waals surface area contributed by atoms with Gasteiger partial charge in [0.15, 0.2) is 0 Å². The second-order valence-electron chi connectivity index (χ2n) is 4.09. The number of amides is 1. The number of rotatable bonds is 3. The predicted octanol–water partition coefficient (Wildman–Crippen LogP) is 3.75. The van der Waals surface area contributed by atoms with E-state index in [0.717, 1.165) is 11.1 Å². The molecule has 2 rings (SSSR count). The lowest BCUT2D eigenvalue weighted by Crippen LogP contribution is -2.32. The molecule has 3 nitrogen and oxygen atoms in total. The lowest BCUT2D eigenvalue weighted by Gasteiger charge is -2.31. The van der Waals surface area contributed by atoms with Crippen LogP contribution in [0.3, 0.4) is 0 Å². The first-order valence-corrected chi connectivity index (χ1v) is 6.11. The number of hydrogen-bond donors (Lipinski definition) is 0. The van der Waals surface area contributed by atoms with Crippen molar-refractivity contribution >= 4 is 12.2 Å². The minimum atomic E-state index is -0.310. The Labute approximate surface area is 107 Å². The summed E-state index contributed by atoms with van der Waals surface area (Å²) < 4.78 is 5.07. The second kappa shape index (κ2) is 5.54. The molecular weight excluding hydrogens is 226 g/mol. The Balaban J connectivity index is 2.34. The lowest BCUT2D eigenvalue weighted by molar-refractivity contribution is 0.109. The van der Waals surface area contributed by atoms with E-state index in [4.69, 9.17) is 4.74 Å². The normalized spacial score (nSPS) is 17.2. The van der Waals surface area contributed by atoms with Gasteiger partial charge in [0.25, 0.3) is 0 Å². The van der Waals surface area contributed by atoms with Gasteiger partial charge in [-0.2, -0.15) is 0 Å². The van der Waals surface area contributed by atoms with Crippen LogP contribution < -0.4 is 0 Å². The highest BCUT2D eigenvalue weighted by atomic mass is 16.6. The summed E-state index contributed by atoms with van der Waals surface area (Å²) in [5.74, 6) is 0. The van der Waals surface area contributed by atoms with Crippen LogP contribution in [-0.4, -0.2) is 17.6 Å². The van der Waals surface area contributed by atoms with E-state index in [2.05, 4.69) is 6.58 Å². The third-order valence-corrected chi connectivity index (χ3v) is 2.97. The first-order chi connectivity index (χ1) is 8.77. The number of ether oxygens (including phenoxy) is 1. The van der Waals surface area contributed by atoms with Gasteiger partial charge in [-0.1, -0.05) is 30.3 Å². The van der Waals surface area contributed by atoms with Crippen molar-refractivity contribution in [3.63, 3.8) is 0 Å². The van der Waals surface area contributed by atoms with Crippen LogP contribution in [0.5, 0.6) is 0 Å². The van der Waals surface area contributed by atoms with Gasteiger partial charge in [-0.3, -0.25) is 4.90 Å². The van der Waals surface area contributed by atoms with Crippen molar-refractivity contribution in [3.05, 3.63) is 54.2 Å². The molecule has 1 unspecified atom stereocenters. The highest BCUT2D eigenvalue weighted by Crippen LogP contribution is 2.33. The molecule has 1 aliphatic rings. The number of benzene rings is 1. The number of fused-ring (bicyclic) bond motifs is 1. The standard InChI is InChI=1S/C15H17NO2/c1-3-7-14-13-9-6-5-8-12(13)10-11-16(14)15(17)18-4-2/h3,5-6,8-11,14H,1,4,7H2,2H3. The molecule has 18 heavy (non-hydrogen) atoms. The van der Waals surface area contributed by atoms with Gasteiger partial charge in [-0.05, 0) is 30.5 Å². The van der Waals surface area contributed by atoms with Crippen molar-refractivity contribution in [2.75, 3.05) is 6.61 Å². The molecule has 0 N–H and O–H groups in total. The van der Waals surface area contributed by atoms with Crippen molar-refractivity contribution in [2.24, 2.45) is 0 Å². The van der Waals surface area contributed by atoms with Crippen molar-refractivity contribution in [1.82, 2.24) is 4.90 Å². The van der Waals surface area contributed by atoms with E-state index in [1.54, 1.807) is 11.1 Å². The van der Waals surface area contributed by atoms with Gasteiger partial charge in [0.1, 0.15) is 0 Å². The number of carbonyl (C=O) groups is 1. The number of carbonyl (C=O) groups excluding carboxylic acids is 1. The highest BCUT2D eigenvalue weighted by Gasteiger charge is 2.27. The first-order valence-electron chi connectivity index (χ1n) is 6.11. The molecule has 1 atom stereocenters. The van der Waals surface area contributed by atoms with Crippen molar-refractivity contribution < 1.29 is 9.53 Å². The Morgan fingerprint density at radius 2 is 2.28 bits per heavy atom. The zero-order valence-electron chi connectivity index (χ0n) is 10.5. The van der Waals surface area contributed by atoms with Gasteiger partial charge in [-0.25, -0.2) is 4.79 Å². The van der Waals surface area contributed by atoms with Crippen LogP contribution in [0.4, 0.5) is 4.79 Å². The molecule has 0 spiro atoms. The maximum Gasteiger partial charge on any atom is 0.414 e. The summed E-state index contributed by atoms with van der Waals surface area (Å²) in [7, 11) is 0. The van der Waals surface area contributed by atoms with Gasteiger partial charge in [0.2, 0.25) is 0 Å². The third-order valence-electron chi connectivity index (χ3n) is 2.97. The van der Waals surface area contributed by atoms with Crippen LogP contribution in [0.1, 0.15) is 30.5 Å². The summed E-state index contributed by atoms with van der Waals surface area (Å²) in [5, 5.41) is 0. The lowest BCUT2D eigenvalue weighted by atomic mass is 9.94. The molecule has 0 radical (unpaired) electrons. The van der Waals surface area contributed by atoms with Crippen LogP contribution in [0.25, 0.3) is 6.08 Å². The summed E-state index contributed by atoms with van der Waals surface area (Å²) in [6.07, 6.45) is 5.95. The van der Waals surface area contributed by atoms with Gasteiger partial charge in [0.05, 0.1) is 12.6 Å². The Morgan fingerprint density at radius 3 is 3.00 bits per heavy atom. The largest absolute Gasteiger partial charge is 0.449 e. The fraction of sp³-hybridized carbons (Fsp3) is 0.267. The molecule has 1 aromatic carbocycles. The van der Waals surface area contributed by atoms with Gasteiger partial charge >= 0.3 is 6.09 Å². The van der Waals surface area contributed by atoms with E-state index < -0.39 is 0 Å². The topological polar surface area (TPSA) is 29.5 Å². The number of hydrogen-bond acceptors (Lipinski definition) is 2. The molecule has 0 fully saturated rings. The zero-order valence-corrected chi connectivity index (χ0v) is 10.5. The van der Waals surface area contributed by atoms with E-state index in [0.29, 0.717) is 13.0 Å². The summed E-state index contributed by atoms with van der Waals surface area (Å²) in [4.78, 5) is 13.5. The third kappa shape index (κ3) is 2.30. The monoisotopic (exact) mass is 243 g/mol. The maximum absolute atomic E-state index is 11.9. The fourth-order valence-electron chi connectivity index (χ4n) is 2.16. The molecule has 0 saturated heterocycles. The van der Waals surface area contributed by atoms with E-state index in [-0.39, 0.29) is 12.1 Å². The smallest absolute Gasteiger partial charge is 0.414 e. The van der Waals surface area contributed by atoms with Gasteiger partial charge in [0, 0.05) is 6.20 Å². The zero-order chi connectivity index (χ0) is 13.0. The molecule has 3 heteroatoms. The molecule has 1 amide bonds. The molecule has 94 valence electrons. The van der Waals surface area contributed by atoms with E-state index in [9.17, 15) is 4.79 Å². The number of nitrogens with zero attached hydrogens (tertiary/aromatic N) is 1. The summed E-state index contributed by atoms with van der Waals surface area (Å²) in [6, 6.07) is 8.04. The van der Waals surface area contributed by atoms with Crippen LogP contribution in [0.15, 0.2) is 43.1 Å². The van der Waals surface area contributed by atoms with E-state index in [1.165, 1.54) is 0 Å². The Morgan fingerprint density at radius 1 is 1.50 bits per heavy atom. The van der Waals surface area contributed by atoms with Crippen molar-refractivity contribution in [2.45, 2.75) is 19.4 Å². The Hall–Kier alpha value is -2.03.